The molecular weight excluding hydrogens is 638 g/mol. The summed E-state index contributed by atoms with van der Waals surface area (Å²) in [5.41, 5.74) is 10.7. The Bertz CT molecular complexity index is 1660. The topological polar surface area (TPSA) is 182 Å². The van der Waals surface area contributed by atoms with Crippen molar-refractivity contribution in [3.8, 4) is 11.1 Å². The van der Waals surface area contributed by atoms with E-state index in [0.717, 1.165) is 11.3 Å². The molecule has 0 spiro atoms. The minimum atomic E-state index is -5.33. The molecule has 1 aromatic heterocycles. The average molecular weight is 661 g/mol. The quantitative estimate of drug-likeness (QED) is 0.0772. The van der Waals surface area contributed by atoms with Gasteiger partial charge in [-0.25, -0.2) is 13.2 Å². The summed E-state index contributed by atoms with van der Waals surface area (Å²) in [4.78, 5) is 35.1. The summed E-state index contributed by atoms with van der Waals surface area (Å²) in [6.45, 7) is 1.73. The maximum Gasteiger partial charge on any atom is 0.490 e. The Labute approximate surface area is 250 Å². The van der Waals surface area contributed by atoms with Gasteiger partial charge in [-0.3, -0.25) is 15.0 Å². The third-order valence-corrected chi connectivity index (χ3v) is 10.8. The maximum atomic E-state index is 13.5. The fourth-order valence-corrected chi connectivity index (χ4v) is 8.13. The summed E-state index contributed by atoms with van der Waals surface area (Å²) in [7, 11) is -3.95. The first kappa shape index (κ1) is 33.0. The first-order valence-electron chi connectivity index (χ1n) is 11.5. The normalized spacial score (nSPS) is 12.4. The molecule has 17 heteroatoms. The van der Waals surface area contributed by atoms with Gasteiger partial charge in [-0.15, -0.1) is 23.1 Å². The highest BCUT2D eigenvalue weighted by atomic mass is 32.2. The van der Waals surface area contributed by atoms with Crippen LogP contribution in [-0.4, -0.2) is 55.7 Å². The molecule has 10 nitrogen and oxygen atoms in total. The van der Waals surface area contributed by atoms with Crippen molar-refractivity contribution in [3.63, 3.8) is 0 Å². The van der Waals surface area contributed by atoms with Crippen LogP contribution in [0.1, 0.15) is 10.4 Å². The maximum absolute atomic E-state index is 13.5. The minimum Gasteiger partial charge on any atom is -0.434 e. The van der Waals surface area contributed by atoms with Gasteiger partial charge in [-0.05, 0) is 60.2 Å². The van der Waals surface area contributed by atoms with Crippen LogP contribution in [0.2, 0.25) is 0 Å². The van der Waals surface area contributed by atoms with Gasteiger partial charge in [0.2, 0.25) is 21.2 Å². The van der Waals surface area contributed by atoms with Gasteiger partial charge in [0.1, 0.15) is 5.84 Å². The second-order valence-electron chi connectivity index (χ2n) is 8.44. The van der Waals surface area contributed by atoms with Crippen LogP contribution in [0.15, 0.2) is 62.5 Å². The number of hydrogen-bond acceptors (Lipinski definition) is 10. The van der Waals surface area contributed by atoms with Gasteiger partial charge in [0.25, 0.3) is 5.91 Å². The number of carbonyl (C=O) groups is 3. The number of benzene rings is 2. The third kappa shape index (κ3) is 7.84. The number of ether oxygens (including phenoxy) is 1. The van der Waals surface area contributed by atoms with E-state index < -0.39 is 45.0 Å². The van der Waals surface area contributed by atoms with Gasteiger partial charge in [0, 0.05) is 5.69 Å². The zero-order chi connectivity index (χ0) is 31.4. The Morgan fingerprint density at radius 3 is 2.38 bits per heavy atom. The molecule has 224 valence electrons. The fraction of sp³-hybridized carbons (Fsp3) is 0.200. The van der Waals surface area contributed by atoms with E-state index in [1.54, 1.807) is 37.4 Å². The number of aryl methyl sites for hydroxylation is 1. The summed E-state index contributed by atoms with van der Waals surface area (Å²) in [5.74, 6) is -5.46. The van der Waals surface area contributed by atoms with Crippen LogP contribution < -0.4 is 16.8 Å². The molecule has 42 heavy (non-hydrogen) atoms. The highest BCUT2D eigenvalue weighted by Gasteiger charge is 2.43. The summed E-state index contributed by atoms with van der Waals surface area (Å²) in [5, 5.41) is 10.2. The third-order valence-electron chi connectivity index (χ3n) is 5.42. The summed E-state index contributed by atoms with van der Waals surface area (Å²) >= 11 is 2.66. The van der Waals surface area contributed by atoms with Gasteiger partial charge in [0.15, 0.2) is 0 Å². The largest absolute Gasteiger partial charge is 0.490 e. The number of amidine groups is 1. The van der Waals surface area contributed by atoms with Crippen LogP contribution in [0.5, 0.6) is 0 Å². The lowest BCUT2D eigenvalue weighted by molar-refractivity contribution is -0.201. The molecule has 2 aromatic carbocycles. The van der Waals surface area contributed by atoms with E-state index in [1.807, 2.05) is 0 Å². The Hall–Kier alpha value is -3.54. The van der Waals surface area contributed by atoms with Crippen LogP contribution in [-0.2, 0) is 29.0 Å². The number of nitrogen functional groups attached to an aromatic ring is 1. The van der Waals surface area contributed by atoms with Crippen LogP contribution in [0.4, 0.5) is 18.9 Å². The number of hydrogen-bond donors (Lipinski definition) is 4. The molecule has 1 heterocycles. The number of anilines is 1. The lowest BCUT2D eigenvalue weighted by Gasteiger charge is -2.15. The molecule has 0 fully saturated rings. The number of halogens is 3. The first-order valence-corrected chi connectivity index (χ1v) is 16.1. The molecule has 0 aliphatic carbocycles. The zero-order valence-electron chi connectivity index (χ0n) is 21.8. The average Bonchev–Trinajstić information content (AvgIpc) is 3.36. The van der Waals surface area contributed by atoms with Gasteiger partial charge in [0.05, 0.1) is 24.6 Å². The first-order chi connectivity index (χ1) is 19.5. The smallest absolute Gasteiger partial charge is 0.434 e. The molecule has 0 aliphatic heterocycles. The van der Waals surface area contributed by atoms with Crippen LogP contribution in [0.25, 0.3) is 11.1 Å². The Balaban J connectivity index is 1.77. The molecule has 3 aromatic rings. The van der Waals surface area contributed by atoms with Crippen LogP contribution in [0.3, 0.4) is 0 Å². The molecular formula is C25H23F3N4O6S4. The van der Waals surface area contributed by atoms with Crippen molar-refractivity contribution < 1.29 is 40.7 Å². The molecule has 6 N–H and O–H groups in total. The monoisotopic (exact) mass is 660 g/mol. The summed E-state index contributed by atoms with van der Waals surface area (Å²) in [6.07, 6.45) is -3.60. The number of nitrogens with two attached hydrogens (primary N) is 2. The second-order valence-corrected chi connectivity index (χ2v) is 13.5. The SMILES string of the molecule is CSc1sc(C(=N)N)cc1S(=O)(=O)c1cccc(-c2ccc(NC(=O)CSC(OC(=O)C(F)(F)F)C(N)=O)cc2C)c1. The summed E-state index contributed by atoms with van der Waals surface area (Å²) in [6, 6.07) is 12.4. The Morgan fingerprint density at radius 2 is 1.81 bits per heavy atom. The lowest BCUT2D eigenvalue weighted by Crippen LogP contribution is -2.36. The van der Waals surface area contributed by atoms with Crippen LogP contribution >= 0.6 is 34.9 Å². The number of nitrogens with one attached hydrogen (secondary N) is 2. The van der Waals surface area contributed by atoms with E-state index in [9.17, 15) is 36.0 Å². The molecule has 1 unspecified atom stereocenters. The van der Waals surface area contributed by atoms with Crippen molar-refractivity contribution in [2.24, 2.45) is 11.5 Å². The number of carbonyl (C=O) groups excluding carboxylic acids is 3. The number of thiophene rings is 1. The van der Waals surface area contributed by atoms with E-state index in [1.165, 1.54) is 36.0 Å². The molecule has 0 bridgehead atoms. The number of esters is 1. The van der Waals surface area contributed by atoms with Gasteiger partial charge in [-0.2, -0.15) is 13.2 Å². The van der Waals surface area contributed by atoms with E-state index in [0.29, 0.717) is 43.2 Å². The zero-order valence-corrected chi connectivity index (χ0v) is 25.0. The van der Waals surface area contributed by atoms with E-state index in [-0.39, 0.29) is 15.6 Å². The highest BCUT2D eigenvalue weighted by molar-refractivity contribution is 8.01. The van der Waals surface area contributed by atoms with Crippen LogP contribution in [0, 0.1) is 12.3 Å². The van der Waals surface area contributed by atoms with Gasteiger partial charge in [-0.1, -0.05) is 30.0 Å². The number of alkyl halides is 3. The Morgan fingerprint density at radius 1 is 1.12 bits per heavy atom. The number of rotatable bonds is 11. The lowest BCUT2D eigenvalue weighted by atomic mass is 10.00. The molecule has 0 aliphatic rings. The molecule has 0 saturated carbocycles. The molecule has 2 amide bonds. The van der Waals surface area contributed by atoms with Crippen molar-refractivity contribution in [2.45, 2.75) is 32.5 Å². The number of sulfone groups is 1. The number of primary amides is 1. The van der Waals surface area contributed by atoms with Crippen molar-refractivity contribution in [3.05, 3.63) is 59.0 Å². The highest BCUT2D eigenvalue weighted by Crippen LogP contribution is 2.38. The standard InChI is InChI=1S/C25H23F3N4O6S4/c1-12-8-14(32-19(33)11-40-22(21(31)34)38-24(35)25(26,27)28)6-7-16(12)13-4-3-5-15(9-13)42(36,37)18-10-17(20(29)30)41-23(18)39-2/h3-10,22H,11H2,1-2H3,(H3,29,30)(H2,31,34)(H,32,33). The van der Waals surface area contributed by atoms with E-state index >= 15 is 0 Å². The van der Waals surface area contributed by atoms with Crippen molar-refractivity contribution in [1.82, 2.24) is 0 Å². The molecule has 3 rings (SSSR count). The molecule has 0 saturated heterocycles. The minimum absolute atomic E-state index is 0.0345. The van der Waals surface area contributed by atoms with Crippen molar-refractivity contribution in [2.75, 3.05) is 17.3 Å². The predicted octanol–water partition coefficient (Wildman–Crippen LogP) is 4.15. The summed E-state index contributed by atoms with van der Waals surface area (Å²) < 4.78 is 68.7. The van der Waals surface area contributed by atoms with Gasteiger partial charge < -0.3 is 21.5 Å². The fourth-order valence-electron chi connectivity index (χ4n) is 3.53. The van der Waals surface area contributed by atoms with Crippen molar-refractivity contribution in [1.29, 1.82) is 5.41 Å². The number of amides is 2. The van der Waals surface area contributed by atoms with Crippen molar-refractivity contribution >= 4 is 74.0 Å². The predicted molar refractivity (Wildman–Crippen MR) is 155 cm³/mol. The van der Waals surface area contributed by atoms with E-state index in [4.69, 9.17) is 16.9 Å². The number of thioether (sulfide) groups is 2. The molecule has 1 atom stereocenters. The molecule has 0 radical (unpaired) electrons. The second kappa shape index (κ2) is 13.2. The van der Waals surface area contributed by atoms with E-state index in [2.05, 4.69) is 10.1 Å². The Kier molecular flexibility index (Phi) is 10.3. The van der Waals surface area contributed by atoms with Gasteiger partial charge >= 0.3 is 12.1 Å².